The molecule has 2 N–H and O–H groups in total. The molecule has 0 saturated carbocycles. The first kappa shape index (κ1) is 12.4. The maximum absolute atomic E-state index is 5.04. The van der Waals surface area contributed by atoms with Crippen LogP contribution in [-0.4, -0.2) is 27.6 Å². The van der Waals surface area contributed by atoms with E-state index in [1.54, 1.807) is 17.8 Å². The number of nitrogens with one attached hydrogen (secondary N) is 2. The molecule has 7 heteroatoms. The van der Waals surface area contributed by atoms with E-state index in [1.807, 2.05) is 0 Å². The van der Waals surface area contributed by atoms with Crippen LogP contribution in [0.15, 0.2) is 17.0 Å². The van der Waals surface area contributed by atoms with Crippen LogP contribution in [0, 0.1) is 0 Å². The van der Waals surface area contributed by atoms with E-state index >= 15 is 0 Å². The van der Waals surface area contributed by atoms with Gasteiger partial charge in [-0.2, -0.15) is 0 Å². The summed E-state index contributed by atoms with van der Waals surface area (Å²) in [4.78, 5) is 0. The van der Waals surface area contributed by atoms with Crippen LogP contribution < -0.4 is 10.6 Å². The van der Waals surface area contributed by atoms with Crippen LogP contribution in [0.4, 0.5) is 5.13 Å². The number of rotatable bonds is 5. The van der Waals surface area contributed by atoms with Crippen LogP contribution in [0.25, 0.3) is 0 Å². The fraction of sp³-hybridized carbons (Fsp3) is 0.375. The molecule has 1 aromatic heterocycles. The van der Waals surface area contributed by atoms with E-state index in [2.05, 4.69) is 34.3 Å². The monoisotopic (exact) mass is 260 g/mol. The number of nitrogens with zero attached hydrogens (tertiary/aromatic N) is 2. The second-order valence-corrected chi connectivity index (χ2v) is 5.33. The van der Waals surface area contributed by atoms with Crippen molar-refractivity contribution in [3.05, 3.63) is 12.7 Å². The van der Waals surface area contributed by atoms with E-state index in [9.17, 15) is 0 Å². The Balaban J connectivity index is 2.42. The van der Waals surface area contributed by atoms with Crippen molar-refractivity contribution in [3.8, 4) is 0 Å². The Kier molecular flexibility index (Phi) is 5.59. The number of anilines is 1. The quantitative estimate of drug-likeness (QED) is 0.480. The topological polar surface area (TPSA) is 49.8 Å². The summed E-state index contributed by atoms with van der Waals surface area (Å²) >= 11 is 8.20. The highest BCUT2D eigenvalue weighted by Crippen LogP contribution is 2.24. The fourth-order valence-corrected chi connectivity index (χ4v) is 2.65. The standard InChI is InChI=1S/C8H12N4S3/c1-3-5-9-6(13)10-7-11-12-8(15-7)14-4-2/h3H,1,4-5H2,2H3,(H2,9,10,11,13). The van der Waals surface area contributed by atoms with Gasteiger partial charge in [-0.05, 0) is 18.0 Å². The highest BCUT2D eigenvalue weighted by Gasteiger charge is 2.04. The van der Waals surface area contributed by atoms with Gasteiger partial charge in [0, 0.05) is 6.54 Å². The van der Waals surface area contributed by atoms with E-state index in [1.165, 1.54) is 11.3 Å². The van der Waals surface area contributed by atoms with Gasteiger partial charge in [-0.1, -0.05) is 36.1 Å². The van der Waals surface area contributed by atoms with E-state index in [0.717, 1.165) is 10.1 Å². The summed E-state index contributed by atoms with van der Waals surface area (Å²) in [6.45, 7) is 6.31. The van der Waals surface area contributed by atoms with Gasteiger partial charge in [0.25, 0.3) is 0 Å². The Morgan fingerprint density at radius 2 is 2.47 bits per heavy atom. The van der Waals surface area contributed by atoms with Crippen molar-refractivity contribution >= 4 is 45.6 Å². The molecule has 15 heavy (non-hydrogen) atoms. The van der Waals surface area contributed by atoms with Crippen molar-refractivity contribution in [2.75, 3.05) is 17.6 Å². The molecule has 82 valence electrons. The van der Waals surface area contributed by atoms with Crippen molar-refractivity contribution in [1.29, 1.82) is 0 Å². The molecule has 1 heterocycles. The van der Waals surface area contributed by atoms with Crippen molar-refractivity contribution < 1.29 is 0 Å². The lowest BCUT2D eigenvalue weighted by Crippen LogP contribution is -2.28. The predicted octanol–water partition coefficient (Wildman–Crippen LogP) is 2.12. The molecular formula is C8H12N4S3. The Bertz CT molecular complexity index is 336. The first-order valence-electron chi connectivity index (χ1n) is 4.38. The van der Waals surface area contributed by atoms with Gasteiger partial charge in [0.1, 0.15) is 0 Å². The van der Waals surface area contributed by atoms with Gasteiger partial charge in [0.05, 0.1) is 0 Å². The predicted molar refractivity (Wildman–Crippen MR) is 70.7 cm³/mol. The molecule has 1 rings (SSSR count). The van der Waals surface area contributed by atoms with Crippen LogP contribution in [0.2, 0.25) is 0 Å². The van der Waals surface area contributed by atoms with Crippen LogP contribution >= 0.6 is 35.3 Å². The number of hydrogen-bond acceptors (Lipinski definition) is 5. The molecule has 0 aromatic carbocycles. The van der Waals surface area contributed by atoms with E-state index in [0.29, 0.717) is 16.8 Å². The molecule has 0 saturated heterocycles. The third-order valence-corrected chi connectivity index (χ3v) is 3.40. The minimum Gasteiger partial charge on any atom is -0.359 e. The van der Waals surface area contributed by atoms with E-state index < -0.39 is 0 Å². The highest BCUT2D eigenvalue weighted by molar-refractivity contribution is 8.01. The van der Waals surface area contributed by atoms with Gasteiger partial charge in [0.15, 0.2) is 9.45 Å². The molecule has 0 aliphatic heterocycles. The second-order valence-electron chi connectivity index (χ2n) is 2.43. The largest absolute Gasteiger partial charge is 0.359 e. The Hall–Kier alpha value is -0.660. The molecular weight excluding hydrogens is 248 g/mol. The van der Waals surface area contributed by atoms with Gasteiger partial charge in [0.2, 0.25) is 5.13 Å². The smallest absolute Gasteiger partial charge is 0.212 e. The third-order valence-electron chi connectivity index (χ3n) is 1.30. The zero-order valence-corrected chi connectivity index (χ0v) is 10.8. The van der Waals surface area contributed by atoms with Gasteiger partial charge in [-0.25, -0.2) is 0 Å². The fourth-order valence-electron chi connectivity index (χ4n) is 0.748. The summed E-state index contributed by atoms with van der Waals surface area (Å²) in [6, 6.07) is 0. The molecule has 0 bridgehead atoms. The Morgan fingerprint density at radius 1 is 1.67 bits per heavy atom. The molecule has 0 atom stereocenters. The zero-order chi connectivity index (χ0) is 11.1. The average Bonchev–Trinajstić information content (AvgIpc) is 2.63. The number of thiocarbonyl (C=S) groups is 1. The first-order valence-corrected chi connectivity index (χ1v) is 6.59. The molecule has 0 fully saturated rings. The minimum atomic E-state index is 0.541. The summed E-state index contributed by atoms with van der Waals surface area (Å²) in [5, 5.41) is 15.1. The van der Waals surface area contributed by atoms with Crippen LogP contribution in [-0.2, 0) is 0 Å². The lowest BCUT2D eigenvalue weighted by molar-refractivity contribution is 1.01. The number of aromatic nitrogens is 2. The van der Waals surface area contributed by atoms with Crippen molar-refractivity contribution in [2.45, 2.75) is 11.3 Å². The lowest BCUT2D eigenvalue weighted by atomic mass is 10.6. The molecule has 0 aliphatic carbocycles. The number of thioether (sulfide) groups is 1. The minimum absolute atomic E-state index is 0.541. The molecule has 0 amide bonds. The normalized spacial score (nSPS) is 9.67. The third kappa shape index (κ3) is 4.59. The molecule has 0 aliphatic rings. The maximum atomic E-state index is 5.04. The lowest BCUT2D eigenvalue weighted by Gasteiger charge is -2.04. The summed E-state index contributed by atoms with van der Waals surface area (Å²) in [5.74, 6) is 0.994. The molecule has 4 nitrogen and oxygen atoms in total. The summed E-state index contributed by atoms with van der Waals surface area (Å²) < 4.78 is 0.950. The second kappa shape index (κ2) is 6.76. The van der Waals surface area contributed by atoms with Crippen molar-refractivity contribution in [2.24, 2.45) is 0 Å². The van der Waals surface area contributed by atoms with Crippen molar-refractivity contribution in [1.82, 2.24) is 15.5 Å². The Labute approximate surface area is 103 Å². The molecule has 0 radical (unpaired) electrons. The van der Waals surface area contributed by atoms with Crippen LogP contribution in [0.3, 0.4) is 0 Å². The molecule has 1 aromatic rings. The van der Waals surface area contributed by atoms with Crippen LogP contribution in [0.1, 0.15) is 6.92 Å². The average molecular weight is 260 g/mol. The van der Waals surface area contributed by atoms with Crippen LogP contribution in [0.5, 0.6) is 0 Å². The highest BCUT2D eigenvalue weighted by atomic mass is 32.2. The van der Waals surface area contributed by atoms with E-state index in [4.69, 9.17) is 12.2 Å². The van der Waals surface area contributed by atoms with Gasteiger partial charge in [-0.15, -0.1) is 16.8 Å². The van der Waals surface area contributed by atoms with Crippen molar-refractivity contribution in [3.63, 3.8) is 0 Å². The zero-order valence-electron chi connectivity index (χ0n) is 8.32. The van der Waals surface area contributed by atoms with Gasteiger partial charge < -0.3 is 10.6 Å². The number of hydrogen-bond donors (Lipinski definition) is 2. The van der Waals surface area contributed by atoms with Gasteiger partial charge in [-0.3, -0.25) is 0 Å². The molecule has 0 unspecified atom stereocenters. The molecule has 0 spiro atoms. The summed E-state index contributed by atoms with van der Waals surface area (Å²) in [7, 11) is 0. The SMILES string of the molecule is C=CCNC(=S)Nc1nnc(SCC)s1. The summed E-state index contributed by atoms with van der Waals surface area (Å²) in [6.07, 6.45) is 1.74. The first-order chi connectivity index (χ1) is 7.26. The Morgan fingerprint density at radius 3 is 3.13 bits per heavy atom. The van der Waals surface area contributed by atoms with E-state index in [-0.39, 0.29) is 0 Å². The maximum Gasteiger partial charge on any atom is 0.212 e. The van der Waals surface area contributed by atoms with Gasteiger partial charge >= 0.3 is 0 Å². The summed E-state index contributed by atoms with van der Waals surface area (Å²) in [5.41, 5.74) is 0.